The number of carbonyl (C=O) groups is 2. The summed E-state index contributed by atoms with van der Waals surface area (Å²) in [6.45, 7) is 13.3. The van der Waals surface area contributed by atoms with Crippen LogP contribution in [-0.4, -0.2) is 54.0 Å². The molecule has 8 atom stereocenters. The topological polar surface area (TPSA) is 98.8 Å². The number of ether oxygens (including phenoxy) is 3. The van der Waals surface area contributed by atoms with Crippen LogP contribution in [0.2, 0.25) is 0 Å². The third kappa shape index (κ3) is 6.45. The molecule has 8 nitrogen and oxygen atoms in total. The van der Waals surface area contributed by atoms with Gasteiger partial charge in [-0.1, -0.05) is 45.5 Å². The summed E-state index contributed by atoms with van der Waals surface area (Å²) < 4.78 is 20.1. The van der Waals surface area contributed by atoms with Gasteiger partial charge in [0.05, 0.1) is 31.8 Å². The summed E-state index contributed by atoms with van der Waals surface area (Å²) in [5.74, 6) is 1.44. The van der Waals surface area contributed by atoms with E-state index in [0.29, 0.717) is 19.4 Å². The Morgan fingerprint density at radius 3 is 2.49 bits per heavy atom. The molecule has 0 aliphatic heterocycles. The maximum atomic E-state index is 13.7. The van der Waals surface area contributed by atoms with E-state index in [9.17, 15) is 14.7 Å². The number of methoxy groups -OCH3 is 2. The van der Waals surface area contributed by atoms with Crippen molar-refractivity contribution < 1.29 is 33.5 Å². The Morgan fingerprint density at radius 2 is 1.84 bits per heavy atom. The fraction of sp³-hybridized carbons (Fsp3) is 0.538. The lowest BCUT2D eigenvalue weighted by atomic mass is 9.44. The lowest BCUT2D eigenvalue weighted by Gasteiger charge is -2.61. The molecule has 10 heteroatoms. The molecule has 3 aromatic rings. The molecule has 0 amide bonds. The van der Waals surface area contributed by atoms with E-state index in [1.165, 1.54) is 23.1 Å². The SMILES string of the molecule is C=C[C@]1(C)C[C@@H](OC(=O)CSc2nc(-c3cc[n+](Cc4cc(OC)cc(OC)c4)cc3)cs2)[C@]2(C)[C@H](C)CC[C@]3(CCC(=O)[C@H]32)[C@@H](C)[C@@H]1O. The van der Waals surface area contributed by atoms with Crippen LogP contribution in [0.3, 0.4) is 0 Å². The molecule has 0 unspecified atom stereocenters. The molecule has 0 radical (unpaired) electrons. The molecule has 1 N–H and O–H groups in total. The van der Waals surface area contributed by atoms with Crippen LogP contribution >= 0.6 is 23.1 Å². The summed E-state index contributed by atoms with van der Waals surface area (Å²) in [7, 11) is 3.29. The second-order valence-electron chi connectivity index (χ2n) is 14.8. The zero-order chi connectivity index (χ0) is 35.1. The molecule has 262 valence electrons. The molecule has 2 bridgehead atoms. The number of thioether (sulfide) groups is 1. The second kappa shape index (κ2) is 13.8. The first-order chi connectivity index (χ1) is 23.4. The van der Waals surface area contributed by atoms with E-state index in [0.717, 1.165) is 51.9 Å². The molecule has 1 aromatic carbocycles. The molecule has 2 aromatic heterocycles. The molecule has 49 heavy (non-hydrogen) atoms. The first-order valence-electron chi connectivity index (χ1n) is 17.2. The van der Waals surface area contributed by atoms with Gasteiger partial charge in [0, 0.05) is 57.9 Å². The monoisotopic (exact) mass is 705 g/mol. The summed E-state index contributed by atoms with van der Waals surface area (Å²) in [5, 5.41) is 13.8. The number of nitrogens with zero attached hydrogens (tertiary/aromatic N) is 2. The van der Waals surface area contributed by atoms with Crippen molar-refractivity contribution in [1.29, 1.82) is 0 Å². The number of aromatic nitrogens is 2. The van der Waals surface area contributed by atoms with Gasteiger partial charge in [-0.25, -0.2) is 9.55 Å². The van der Waals surface area contributed by atoms with Gasteiger partial charge in [0.15, 0.2) is 23.3 Å². The van der Waals surface area contributed by atoms with Crippen molar-refractivity contribution in [2.75, 3.05) is 20.0 Å². The zero-order valence-electron chi connectivity index (χ0n) is 29.4. The Kier molecular flexibility index (Phi) is 10.1. The number of hydrogen-bond donors (Lipinski definition) is 1. The highest BCUT2D eigenvalue weighted by molar-refractivity contribution is 8.01. The van der Waals surface area contributed by atoms with Crippen LogP contribution in [0.1, 0.15) is 65.4 Å². The number of aliphatic hydroxyl groups excluding tert-OH is 1. The number of ketones is 1. The highest BCUT2D eigenvalue weighted by Gasteiger charge is 2.68. The third-order valence-corrected chi connectivity index (χ3v) is 14.3. The van der Waals surface area contributed by atoms with E-state index < -0.39 is 23.0 Å². The van der Waals surface area contributed by atoms with Crippen molar-refractivity contribution in [1.82, 2.24) is 4.98 Å². The van der Waals surface area contributed by atoms with Gasteiger partial charge < -0.3 is 19.3 Å². The maximum absolute atomic E-state index is 13.7. The van der Waals surface area contributed by atoms with E-state index in [1.54, 1.807) is 14.2 Å². The molecular weight excluding hydrogens is 657 g/mol. The van der Waals surface area contributed by atoms with Crippen LogP contribution in [0.25, 0.3) is 11.3 Å². The predicted octanol–water partition coefficient (Wildman–Crippen LogP) is 7.16. The number of carbonyl (C=O) groups excluding carboxylic acids is 2. The molecular formula is C39H49N2O6S2+. The molecule has 3 aliphatic rings. The number of esters is 1. The lowest BCUT2D eigenvalue weighted by molar-refractivity contribution is -0.688. The van der Waals surface area contributed by atoms with E-state index in [1.807, 2.05) is 61.1 Å². The molecule has 0 saturated heterocycles. The molecule has 3 saturated carbocycles. The number of benzene rings is 1. The van der Waals surface area contributed by atoms with E-state index in [2.05, 4.69) is 31.9 Å². The molecule has 0 spiro atoms. The Hall–Kier alpha value is -3.21. The summed E-state index contributed by atoms with van der Waals surface area (Å²) in [5.41, 5.74) is 1.42. The average Bonchev–Trinajstić information content (AvgIpc) is 3.73. The lowest BCUT2D eigenvalue weighted by Crippen LogP contribution is -2.63. The van der Waals surface area contributed by atoms with Crippen LogP contribution in [-0.2, 0) is 20.9 Å². The first-order valence-corrected chi connectivity index (χ1v) is 19.1. The molecule has 3 fully saturated rings. The van der Waals surface area contributed by atoms with E-state index in [4.69, 9.17) is 19.2 Å². The van der Waals surface area contributed by atoms with Gasteiger partial charge in [0.25, 0.3) is 0 Å². The number of pyridine rings is 1. The number of thiazole rings is 1. The van der Waals surface area contributed by atoms with Gasteiger partial charge in [0.2, 0.25) is 0 Å². The van der Waals surface area contributed by atoms with Crippen molar-refractivity contribution in [3.63, 3.8) is 0 Å². The highest BCUT2D eigenvalue weighted by Crippen LogP contribution is 2.68. The largest absolute Gasteiger partial charge is 0.497 e. The summed E-state index contributed by atoms with van der Waals surface area (Å²) in [6.07, 6.45) is 8.26. The minimum atomic E-state index is -0.682. The van der Waals surface area contributed by atoms with E-state index in [-0.39, 0.29) is 40.7 Å². The van der Waals surface area contributed by atoms with Crippen molar-refractivity contribution in [3.8, 4) is 22.8 Å². The Balaban J connectivity index is 1.14. The van der Waals surface area contributed by atoms with Crippen molar-refractivity contribution >= 4 is 34.9 Å². The average molecular weight is 706 g/mol. The van der Waals surface area contributed by atoms with Gasteiger partial charge >= 0.3 is 5.97 Å². The third-order valence-electron chi connectivity index (χ3n) is 12.3. The smallest absolute Gasteiger partial charge is 0.316 e. The minimum absolute atomic E-state index is 0.0584. The van der Waals surface area contributed by atoms with Gasteiger partial charge in [-0.05, 0) is 55.1 Å². The van der Waals surface area contributed by atoms with Gasteiger partial charge in [-0.2, -0.15) is 0 Å². The van der Waals surface area contributed by atoms with Gasteiger partial charge in [-0.15, -0.1) is 17.9 Å². The zero-order valence-corrected chi connectivity index (χ0v) is 31.1. The number of rotatable bonds is 10. The summed E-state index contributed by atoms with van der Waals surface area (Å²) in [4.78, 5) is 32.1. The second-order valence-corrected chi connectivity index (χ2v) is 16.9. The molecule has 6 rings (SSSR count). The normalized spacial score (nSPS) is 32.5. The predicted molar refractivity (Wildman–Crippen MR) is 192 cm³/mol. The van der Waals surface area contributed by atoms with Crippen LogP contribution in [0.5, 0.6) is 11.5 Å². The quantitative estimate of drug-likeness (QED) is 0.103. The minimum Gasteiger partial charge on any atom is -0.497 e. The Bertz CT molecular complexity index is 1690. The molecule has 2 heterocycles. The summed E-state index contributed by atoms with van der Waals surface area (Å²) >= 11 is 2.87. The van der Waals surface area contributed by atoms with Crippen LogP contribution < -0.4 is 14.0 Å². The number of hydrogen-bond acceptors (Lipinski definition) is 9. The van der Waals surface area contributed by atoms with Crippen molar-refractivity contribution in [2.24, 2.45) is 34.0 Å². The van der Waals surface area contributed by atoms with Crippen LogP contribution in [0, 0.1) is 34.0 Å². The standard InChI is InChI=1S/C39H49N2O6S2/c1-8-37(4)20-32(38(5)24(2)9-13-39(25(3)35(37)44)14-10-31(42)34(38)39)47-33(43)23-49-36-40-30(22-48-36)27-11-15-41(16-12-27)21-26-17-28(45-6)19-29(18-26)46-7/h8,11-12,15-19,22,24-25,32,34-35,44H,1,9-10,13-14,20-21,23H2,2-7H3/q+1/t24-,25+,32-,34+,35+,37-,38+,39+/m1/s1. The highest BCUT2D eigenvalue weighted by atomic mass is 32.2. The number of Topliss-reactive ketones (excluding diaryl/α,β-unsaturated/α-hetero) is 1. The van der Waals surface area contributed by atoms with Crippen LogP contribution in [0.15, 0.2) is 65.1 Å². The first kappa shape index (κ1) is 35.6. The van der Waals surface area contributed by atoms with Gasteiger partial charge in [0.1, 0.15) is 23.4 Å². The summed E-state index contributed by atoms with van der Waals surface area (Å²) in [6, 6.07) is 9.91. The van der Waals surface area contributed by atoms with E-state index >= 15 is 0 Å². The van der Waals surface area contributed by atoms with Crippen molar-refractivity contribution in [3.05, 3.63) is 66.3 Å². The maximum Gasteiger partial charge on any atom is 0.316 e. The number of aliphatic hydroxyl groups is 1. The Morgan fingerprint density at radius 1 is 1.14 bits per heavy atom. The van der Waals surface area contributed by atoms with Gasteiger partial charge in [-0.3, -0.25) is 9.59 Å². The fourth-order valence-corrected chi connectivity index (χ4v) is 10.8. The molecule has 3 aliphatic carbocycles. The van der Waals surface area contributed by atoms with Crippen molar-refractivity contribution in [2.45, 2.75) is 82.9 Å². The fourth-order valence-electron chi connectivity index (χ4n) is 9.17. The Labute approximate surface area is 298 Å². The van der Waals surface area contributed by atoms with Crippen LogP contribution in [0.4, 0.5) is 0 Å².